The maximum atomic E-state index is 13.9. The Labute approximate surface area is 112 Å². The van der Waals surface area contributed by atoms with Gasteiger partial charge in [-0.3, -0.25) is 0 Å². The van der Waals surface area contributed by atoms with Crippen molar-refractivity contribution < 1.29 is 13.5 Å². The van der Waals surface area contributed by atoms with Crippen LogP contribution in [0.25, 0.3) is 0 Å². The van der Waals surface area contributed by atoms with E-state index < -0.39 is 17.7 Å². The van der Waals surface area contributed by atoms with Crippen LogP contribution in [0.15, 0.2) is 12.1 Å². The first-order valence-corrected chi connectivity index (χ1v) is 6.84. The summed E-state index contributed by atoms with van der Waals surface area (Å²) in [7, 11) is 0. The number of hydrogen-bond acceptors (Lipinski definition) is 2. The standard InChI is InChI=1S/C15H21F2NO/c1-3-19-11-6-10(7-11)8-13(18)14-12(16)5-4-9(2)15(14)17/h4-5,10-11,13H,3,6-8,18H2,1-2H3. The molecule has 1 saturated carbocycles. The zero-order valence-corrected chi connectivity index (χ0v) is 11.5. The third kappa shape index (κ3) is 3.12. The summed E-state index contributed by atoms with van der Waals surface area (Å²) in [4.78, 5) is 0. The Balaban J connectivity index is 1.98. The molecule has 1 fully saturated rings. The van der Waals surface area contributed by atoms with E-state index in [-0.39, 0.29) is 5.56 Å². The minimum atomic E-state index is -0.576. The lowest BCUT2D eigenvalue weighted by molar-refractivity contribution is -0.0283. The van der Waals surface area contributed by atoms with Gasteiger partial charge in [-0.05, 0) is 50.7 Å². The van der Waals surface area contributed by atoms with Crippen molar-refractivity contribution in [2.24, 2.45) is 11.7 Å². The van der Waals surface area contributed by atoms with Crippen molar-refractivity contribution in [1.29, 1.82) is 0 Å². The molecule has 0 aliphatic heterocycles. The second kappa shape index (κ2) is 5.97. The van der Waals surface area contributed by atoms with Crippen molar-refractivity contribution in [1.82, 2.24) is 0 Å². The van der Waals surface area contributed by atoms with Gasteiger partial charge in [0.1, 0.15) is 11.6 Å². The van der Waals surface area contributed by atoms with Gasteiger partial charge in [0, 0.05) is 18.2 Å². The molecule has 1 aromatic carbocycles. The van der Waals surface area contributed by atoms with Crippen molar-refractivity contribution in [2.75, 3.05) is 6.61 Å². The molecule has 0 spiro atoms. The second-order valence-corrected chi connectivity index (χ2v) is 5.35. The van der Waals surface area contributed by atoms with Crippen LogP contribution in [0, 0.1) is 24.5 Å². The van der Waals surface area contributed by atoms with Crippen molar-refractivity contribution >= 4 is 0 Å². The van der Waals surface area contributed by atoms with Gasteiger partial charge < -0.3 is 10.5 Å². The van der Waals surface area contributed by atoms with Gasteiger partial charge in [0.15, 0.2) is 0 Å². The number of hydrogen-bond donors (Lipinski definition) is 1. The first kappa shape index (κ1) is 14.4. The number of halogens is 2. The largest absolute Gasteiger partial charge is 0.378 e. The molecule has 1 aromatic rings. The Kier molecular flexibility index (Phi) is 4.53. The number of aryl methyl sites for hydroxylation is 1. The van der Waals surface area contributed by atoms with Crippen LogP contribution in [0.3, 0.4) is 0 Å². The maximum absolute atomic E-state index is 13.9. The van der Waals surface area contributed by atoms with Gasteiger partial charge in [-0.15, -0.1) is 0 Å². The van der Waals surface area contributed by atoms with E-state index in [1.165, 1.54) is 12.1 Å². The molecule has 1 aliphatic rings. The second-order valence-electron chi connectivity index (χ2n) is 5.35. The smallest absolute Gasteiger partial charge is 0.133 e. The highest BCUT2D eigenvalue weighted by Crippen LogP contribution is 2.37. The van der Waals surface area contributed by atoms with Crippen LogP contribution in [0.5, 0.6) is 0 Å². The molecule has 0 amide bonds. The summed E-state index contributed by atoms with van der Waals surface area (Å²) in [5.41, 5.74) is 6.44. The molecule has 1 atom stereocenters. The molecule has 2 N–H and O–H groups in total. The minimum absolute atomic E-state index is 0.0276. The van der Waals surface area contributed by atoms with Gasteiger partial charge in [0.05, 0.1) is 6.10 Å². The molecule has 0 aromatic heterocycles. The number of nitrogens with two attached hydrogens (primary N) is 1. The highest BCUT2D eigenvalue weighted by Gasteiger charge is 2.32. The van der Waals surface area contributed by atoms with Crippen molar-refractivity contribution in [3.63, 3.8) is 0 Å². The molecule has 2 rings (SSSR count). The fourth-order valence-corrected chi connectivity index (χ4v) is 2.73. The number of rotatable bonds is 5. The molecule has 0 heterocycles. The average molecular weight is 269 g/mol. The van der Waals surface area contributed by atoms with Crippen molar-refractivity contribution in [3.8, 4) is 0 Å². The molecule has 0 radical (unpaired) electrons. The summed E-state index contributed by atoms with van der Waals surface area (Å²) in [6, 6.07) is 2.15. The molecule has 4 heteroatoms. The minimum Gasteiger partial charge on any atom is -0.378 e. The molecule has 2 nitrogen and oxygen atoms in total. The van der Waals surface area contributed by atoms with E-state index in [4.69, 9.17) is 10.5 Å². The zero-order valence-electron chi connectivity index (χ0n) is 11.5. The van der Waals surface area contributed by atoms with Crippen LogP contribution in [-0.4, -0.2) is 12.7 Å². The Morgan fingerprint density at radius 1 is 1.37 bits per heavy atom. The molecule has 0 bridgehead atoms. The molecular formula is C15H21F2NO. The molecule has 1 unspecified atom stereocenters. The number of ether oxygens (including phenoxy) is 1. The van der Waals surface area contributed by atoms with Crippen LogP contribution < -0.4 is 5.73 Å². The number of benzene rings is 1. The lowest BCUT2D eigenvalue weighted by Crippen LogP contribution is -2.33. The van der Waals surface area contributed by atoms with Gasteiger partial charge in [-0.2, -0.15) is 0 Å². The van der Waals surface area contributed by atoms with E-state index >= 15 is 0 Å². The van der Waals surface area contributed by atoms with E-state index in [0.29, 0.717) is 30.6 Å². The zero-order chi connectivity index (χ0) is 14.0. The van der Waals surface area contributed by atoms with E-state index in [0.717, 1.165) is 12.8 Å². The Bertz CT molecular complexity index is 444. The molecular weight excluding hydrogens is 248 g/mol. The maximum Gasteiger partial charge on any atom is 0.133 e. The predicted molar refractivity (Wildman–Crippen MR) is 70.8 cm³/mol. The van der Waals surface area contributed by atoms with Gasteiger partial charge >= 0.3 is 0 Å². The quantitative estimate of drug-likeness (QED) is 0.888. The highest BCUT2D eigenvalue weighted by atomic mass is 19.1. The summed E-state index contributed by atoms with van der Waals surface area (Å²) >= 11 is 0. The van der Waals surface area contributed by atoms with Crippen LogP contribution in [0.4, 0.5) is 8.78 Å². The molecule has 1 aliphatic carbocycles. The van der Waals surface area contributed by atoms with Gasteiger partial charge in [0.25, 0.3) is 0 Å². The summed E-state index contributed by atoms with van der Waals surface area (Å²) in [6.45, 7) is 4.31. The SMILES string of the molecule is CCOC1CC(CC(N)c2c(F)ccc(C)c2F)C1. The summed E-state index contributed by atoms with van der Waals surface area (Å²) in [5.74, 6) is -0.643. The van der Waals surface area contributed by atoms with E-state index in [1.807, 2.05) is 6.92 Å². The van der Waals surface area contributed by atoms with Crippen LogP contribution >= 0.6 is 0 Å². The normalized spacial score (nSPS) is 24.1. The monoisotopic (exact) mass is 269 g/mol. The van der Waals surface area contributed by atoms with E-state index in [2.05, 4.69) is 0 Å². The summed E-state index contributed by atoms with van der Waals surface area (Å²) in [5, 5.41) is 0. The van der Waals surface area contributed by atoms with Gasteiger partial charge in [-0.25, -0.2) is 8.78 Å². The van der Waals surface area contributed by atoms with Crippen LogP contribution in [0.1, 0.15) is 43.4 Å². The first-order valence-electron chi connectivity index (χ1n) is 6.84. The first-order chi connectivity index (χ1) is 9.02. The fraction of sp³-hybridized carbons (Fsp3) is 0.600. The van der Waals surface area contributed by atoms with Crippen molar-refractivity contribution in [3.05, 3.63) is 34.9 Å². The fourth-order valence-electron chi connectivity index (χ4n) is 2.73. The third-order valence-electron chi connectivity index (χ3n) is 3.87. The third-order valence-corrected chi connectivity index (χ3v) is 3.87. The Hall–Kier alpha value is -1.00. The Morgan fingerprint density at radius 2 is 2.05 bits per heavy atom. The van der Waals surface area contributed by atoms with Gasteiger partial charge in [0.2, 0.25) is 0 Å². The molecule has 0 saturated heterocycles. The van der Waals surface area contributed by atoms with E-state index in [1.54, 1.807) is 6.92 Å². The van der Waals surface area contributed by atoms with Crippen molar-refractivity contribution in [2.45, 2.75) is 45.3 Å². The summed E-state index contributed by atoms with van der Waals surface area (Å²) in [6.07, 6.45) is 2.79. The van der Waals surface area contributed by atoms with Gasteiger partial charge in [-0.1, -0.05) is 6.07 Å². The van der Waals surface area contributed by atoms with E-state index in [9.17, 15) is 8.78 Å². The lowest BCUT2D eigenvalue weighted by Gasteiger charge is -2.36. The average Bonchev–Trinajstić information content (AvgIpc) is 2.32. The predicted octanol–water partition coefficient (Wildman–Crippen LogP) is 3.48. The molecule has 106 valence electrons. The van der Waals surface area contributed by atoms with Crippen LogP contribution in [0.2, 0.25) is 0 Å². The molecule has 19 heavy (non-hydrogen) atoms. The lowest BCUT2D eigenvalue weighted by atomic mass is 9.77. The summed E-state index contributed by atoms with van der Waals surface area (Å²) < 4.78 is 33.1. The topological polar surface area (TPSA) is 35.2 Å². The Morgan fingerprint density at radius 3 is 2.68 bits per heavy atom. The highest BCUT2D eigenvalue weighted by molar-refractivity contribution is 5.29. The van der Waals surface area contributed by atoms with Crippen LogP contribution in [-0.2, 0) is 4.74 Å².